The van der Waals surface area contributed by atoms with E-state index >= 15 is 0 Å². The number of hydrogen-bond donors (Lipinski definition) is 0. The molecule has 1 aliphatic heterocycles. The number of likely N-dealkylation sites (tertiary alicyclic amines) is 1. The number of piperidine rings is 1. The summed E-state index contributed by atoms with van der Waals surface area (Å²) in [6.45, 7) is 9.08. The fourth-order valence-corrected chi connectivity index (χ4v) is 2.09. The molecule has 0 bridgehead atoms. The van der Waals surface area contributed by atoms with E-state index in [1.165, 1.54) is 0 Å². The van der Waals surface area contributed by atoms with Crippen molar-refractivity contribution in [2.75, 3.05) is 40.0 Å². The van der Waals surface area contributed by atoms with Crippen LogP contribution in [0, 0.1) is 5.92 Å². The summed E-state index contributed by atoms with van der Waals surface area (Å²) in [4.78, 5) is 13.8. The van der Waals surface area contributed by atoms with Crippen molar-refractivity contribution in [1.82, 2.24) is 4.90 Å². The SMILES string of the molecule is COCCOCC1CCCN(C(=O)OC(C)(C)C)C1. The third-order valence-electron chi connectivity index (χ3n) is 2.96. The number of carbonyl (C=O) groups excluding carboxylic acids is 1. The number of methoxy groups -OCH3 is 1. The van der Waals surface area contributed by atoms with E-state index in [-0.39, 0.29) is 6.09 Å². The van der Waals surface area contributed by atoms with Crippen LogP contribution in [0.3, 0.4) is 0 Å². The molecule has 19 heavy (non-hydrogen) atoms. The number of ether oxygens (including phenoxy) is 3. The monoisotopic (exact) mass is 273 g/mol. The van der Waals surface area contributed by atoms with Crippen molar-refractivity contribution < 1.29 is 19.0 Å². The molecule has 5 heteroatoms. The zero-order valence-electron chi connectivity index (χ0n) is 12.6. The lowest BCUT2D eigenvalue weighted by Crippen LogP contribution is -2.43. The predicted molar refractivity (Wildman–Crippen MR) is 73.2 cm³/mol. The zero-order valence-corrected chi connectivity index (χ0v) is 12.6. The van der Waals surface area contributed by atoms with Gasteiger partial charge in [-0.2, -0.15) is 0 Å². The molecule has 1 aliphatic rings. The van der Waals surface area contributed by atoms with E-state index in [9.17, 15) is 4.79 Å². The van der Waals surface area contributed by atoms with Gasteiger partial charge in [-0.05, 0) is 33.6 Å². The van der Waals surface area contributed by atoms with Crippen molar-refractivity contribution in [1.29, 1.82) is 0 Å². The Hall–Kier alpha value is -0.810. The van der Waals surface area contributed by atoms with Gasteiger partial charge in [0.15, 0.2) is 0 Å². The Morgan fingerprint density at radius 3 is 2.68 bits per heavy atom. The van der Waals surface area contributed by atoms with Gasteiger partial charge in [-0.3, -0.25) is 0 Å². The zero-order chi connectivity index (χ0) is 14.3. The quantitative estimate of drug-likeness (QED) is 0.721. The van der Waals surface area contributed by atoms with Crippen LogP contribution in [-0.4, -0.2) is 56.6 Å². The Labute approximate surface area is 116 Å². The molecule has 112 valence electrons. The standard InChI is InChI=1S/C14H27NO4/c1-14(2,3)19-13(16)15-7-5-6-12(10-15)11-18-9-8-17-4/h12H,5-11H2,1-4H3. The van der Waals surface area contributed by atoms with Crippen LogP contribution < -0.4 is 0 Å². The van der Waals surface area contributed by atoms with Gasteiger partial charge in [-0.1, -0.05) is 0 Å². The summed E-state index contributed by atoms with van der Waals surface area (Å²) >= 11 is 0. The Morgan fingerprint density at radius 1 is 1.32 bits per heavy atom. The largest absolute Gasteiger partial charge is 0.444 e. The average Bonchev–Trinajstić information content (AvgIpc) is 2.33. The molecule has 1 atom stereocenters. The Kier molecular flexibility index (Phi) is 6.58. The van der Waals surface area contributed by atoms with Gasteiger partial charge in [0, 0.05) is 26.1 Å². The van der Waals surface area contributed by atoms with E-state index in [2.05, 4.69) is 0 Å². The van der Waals surface area contributed by atoms with Crippen molar-refractivity contribution in [3.8, 4) is 0 Å². The Balaban J connectivity index is 2.31. The Bertz CT molecular complexity index is 275. The normalized spacial score (nSPS) is 20.4. The first kappa shape index (κ1) is 16.2. The summed E-state index contributed by atoms with van der Waals surface area (Å²) in [5.74, 6) is 0.401. The van der Waals surface area contributed by atoms with Crippen LogP contribution in [0.25, 0.3) is 0 Å². The lowest BCUT2D eigenvalue weighted by Gasteiger charge is -2.34. The molecular formula is C14H27NO4. The first-order valence-electron chi connectivity index (χ1n) is 6.97. The third-order valence-corrected chi connectivity index (χ3v) is 2.96. The number of carbonyl (C=O) groups is 1. The maximum Gasteiger partial charge on any atom is 0.410 e. The van der Waals surface area contributed by atoms with Gasteiger partial charge >= 0.3 is 6.09 Å². The predicted octanol–water partition coefficient (Wildman–Crippen LogP) is 2.30. The van der Waals surface area contributed by atoms with Crippen LogP contribution in [0.15, 0.2) is 0 Å². The smallest absolute Gasteiger partial charge is 0.410 e. The molecule has 0 spiro atoms. The van der Waals surface area contributed by atoms with Crippen molar-refractivity contribution >= 4 is 6.09 Å². The number of rotatable bonds is 5. The second-order valence-corrected chi connectivity index (χ2v) is 6.00. The molecule has 1 rings (SSSR count). The number of amides is 1. The highest BCUT2D eigenvalue weighted by Crippen LogP contribution is 2.19. The second kappa shape index (κ2) is 7.70. The topological polar surface area (TPSA) is 48.0 Å². The lowest BCUT2D eigenvalue weighted by atomic mass is 9.99. The van der Waals surface area contributed by atoms with Crippen molar-refractivity contribution in [3.05, 3.63) is 0 Å². The molecule has 0 aliphatic carbocycles. The van der Waals surface area contributed by atoms with E-state index in [0.717, 1.165) is 25.9 Å². The average molecular weight is 273 g/mol. The summed E-state index contributed by atoms with van der Waals surface area (Å²) in [7, 11) is 1.66. The van der Waals surface area contributed by atoms with E-state index in [1.807, 2.05) is 20.8 Å². The molecule has 1 saturated heterocycles. The van der Waals surface area contributed by atoms with Gasteiger partial charge in [0.2, 0.25) is 0 Å². The van der Waals surface area contributed by atoms with Gasteiger partial charge < -0.3 is 19.1 Å². The molecule has 0 N–H and O–H groups in total. The molecule has 0 aromatic heterocycles. The third kappa shape index (κ3) is 6.78. The molecule has 0 aromatic carbocycles. The fourth-order valence-electron chi connectivity index (χ4n) is 2.09. The molecule has 1 fully saturated rings. The maximum absolute atomic E-state index is 12.0. The van der Waals surface area contributed by atoms with Crippen LogP contribution in [0.5, 0.6) is 0 Å². The highest BCUT2D eigenvalue weighted by Gasteiger charge is 2.27. The van der Waals surface area contributed by atoms with Crippen LogP contribution in [0.2, 0.25) is 0 Å². The number of hydrogen-bond acceptors (Lipinski definition) is 4. The van der Waals surface area contributed by atoms with Crippen molar-refractivity contribution in [2.45, 2.75) is 39.2 Å². The van der Waals surface area contributed by atoms with Crippen molar-refractivity contribution in [2.24, 2.45) is 5.92 Å². The van der Waals surface area contributed by atoms with Gasteiger partial charge in [0.05, 0.1) is 19.8 Å². The van der Waals surface area contributed by atoms with E-state index < -0.39 is 5.60 Å². The first-order chi connectivity index (χ1) is 8.92. The molecule has 1 heterocycles. The minimum atomic E-state index is -0.432. The molecule has 0 radical (unpaired) electrons. The highest BCUT2D eigenvalue weighted by molar-refractivity contribution is 5.68. The fraction of sp³-hybridized carbons (Fsp3) is 0.929. The summed E-state index contributed by atoms with van der Waals surface area (Å²) < 4.78 is 15.9. The summed E-state index contributed by atoms with van der Waals surface area (Å²) in [6.07, 6.45) is 1.90. The van der Waals surface area contributed by atoms with Gasteiger partial charge in [-0.25, -0.2) is 4.79 Å². The van der Waals surface area contributed by atoms with Crippen LogP contribution in [0.1, 0.15) is 33.6 Å². The number of nitrogens with zero attached hydrogens (tertiary/aromatic N) is 1. The van der Waals surface area contributed by atoms with Gasteiger partial charge in [0.1, 0.15) is 5.60 Å². The van der Waals surface area contributed by atoms with Gasteiger partial charge in [-0.15, -0.1) is 0 Å². The minimum Gasteiger partial charge on any atom is -0.444 e. The highest BCUT2D eigenvalue weighted by atomic mass is 16.6. The molecule has 1 unspecified atom stereocenters. The summed E-state index contributed by atoms with van der Waals surface area (Å²) in [5.41, 5.74) is -0.432. The van der Waals surface area contributed by atoms with Crippen molar-refractivity contribution in [3.63, 3.8) is 0 Å². The first-order valence-corrected chi connectivity index (χ1v) is 6.97. The van der Waals surface area contributed by atoms with E-state index in [0.29, 0.717) is 25.7 Å². The molecule has 0 aromatic rings. The summed E-state index contributed by atoms with van der Waals surface area (Å²) in [5, 5.41) is 0. The summed E-state index contributed by atoms with van der Waals surface area (Å²) in [6, 6.07) is 0. The lowest BCUT2D eigenvalue weighted by molar-refractivity contribution is 0.00263. The van der Waals surface area contributed by atoms with E-state index in [4.69, 9.17) is 14.2 Å². The molecule has 1 amide bonds. The minimum absolute atomic E-state index is 0.214. The second-order valence-electron chi connectivity index (χ2n) is 6.00. The van der Waals surface area contributed by atoms with Crippen LogP contribution in [0.4, 0.5) is 4.79 Å². The van der Waals surface area contributed by atoms with E-state index in [1.54, 1.807) is 12.0 Å². The molecular weight excluding hydrogens is 246 g/mol. The Morgan fingerprint density at radius 2 is 2.05 bits per heavy atom. The van der Waals surface area contributed by atoms with Crippen LogP contribution >= 0.6 is 0 Å². The van der Waals surface area contributed by atoms with Gasteiger partial charge in [0.25, 0.3) is 0 Å². The maximum atomic E-state index is 12.0. The molecule has 0 saturated carbocycles. The van der Waals surface area contributed by atoms with Crippen LogP contribution in [-0.2, 0) is 14.2 Å². The molecule has 5 nitrogen and oxygen atoms in total.